The zero-order valence-corrected chi connectivity index (χ0v) is 11.2. The quantitative estimate of drug-likeness (QED) is 0.876. The number of benzene rings is 1. The summed E-state index contributed by atoms with van der Waals surface area (Å²) in [6.07, 6.45) is 2.10. The maximum atomic E-state index is 4.65. The zero-order chi connectivity index (χ0) is 12.1. The van der Waals surface area contributed by atoms with Crippen LogP contribution in [-0.4, -0.2) is 18.6 Å². The minimum absolute atomic E-state index is 0.988. The molecule has 0 aliphatic carbocycles. The van der Waals surface area contributed by atoms with Crippen LogP contribution in [0.4, 0.5) is 0 Å². The summed E-state index contributed by atoms with van der Waals surface area (Å²) in [5.41, 5.74) is 3.69. The van der Waals surface area contributed by atoms with Crippen molar-refractivity contribution in [3.8, 4) is 11.3 Å². The van der Waals surface area contributed by atoms with Gasteiger partial charge >= 0.3 is 0 Å². The first-order chi connectivity index (χ1) is 8.33. The molecule has 0 amide bonds. The van der Waals surface area contributed by atoms with Gasteiger partial charge in [0.05, 0.1) is 10.7 Å². The van der Waals surface area contributed by atoms with Gasteiger partial charge in [-0.1, -0.05) is 31.2 Å². The number of rotatable bonds is 5. The summed E-state index contributed by atoms with van der Waals surface area (Å²) in [5.74, 6) is 0. The van der Waals surface area contributed by atoms with E-state index in [1.165, 1.54) is 16.1 Å². The van der Waals surface area contributed by atoms with Gasteiger partial charge in [-0.05, 0) is 19.0 Å². The second-order valence-corrected chi connectivity index (χ2v) is 4.97. The lowest BCUT2D eigenvalue weighted by Crippen LogP contribution is -2.09. The summed E-state index contributed by atoms with van der Waals surface area (Å²) in [6.45, 7) is 3.16. The number of thiazole rings is 1. The topological polar surface area (TPSA) is 24.9 Å². The van der Waals surface area contributed by atoms with Crippen molar-refractivity contribution in [2.24, 2.45) is 0 Å². The third-order valence-electron chi connectivity index (χ3n) is 2.80. The Morgan fingerprint density at radius 1 is 1.24 bits per heavy atom. The van der Waals surface area contributed by atoms with Crippen molar-refractivity contribution in [1.82, 2.24) is 10.3 Å². The van der Waals surface area contributed by atoms with E-state index in [0.717, 1.165) is 25.1 Å². The highest BCUT2D eigenvalue weighted by atomic mass is 32.1. The van der Waals surface area contributed by atoms with Gasteiger partial charge in [-0.2, -0.15) is 0 Å². The lowest BCUT2D eigenvalue weighted by molar-refractivity contribution is 0.788. The van der Waals surface area contributed by atoms with Crippen molar-refractivity contribution < 1.29 is 0 Å². The number of hydrogen-bond acceptors (Lipinski definition) is 3. The van der Waals surface area contributed by atoms with Crippen LogP contribution in [0.2, 0.25) is 0 Å². The molecular weight excluding hydrogens is 228 g/mol. The fourth-order valence-corrected chi connectivity index (χ4v) is 2.51. The maximum Gasteiger partial charge on any atom is 0.0945 e. The van der Waals surface area contributed by atoms with E-state index in [4.69, 9.17) is 0 Å². The molecule has 3 heteroatoms. The van der Waals surface area contributed by atoms with Crippen LogP contribution in [0.25, 0.3) is 11.3 Å². The summed E-state index contributed by atoms with van der Waals surface area (Å²) < 4.78 is 0. The monoisotopic (exact) mass is 246 g/mol. The predicted molar refractivity (Wildman–Crippen MR) is 74.6 cm³/mol. The van der Waals surface area contributed by atoms with Crippen molar-refractivity contribution in [2.45, 2.75) is 19.8 Å². The van der Waals surface area contributed by atoms with E-state index in [0.29, 0.717) is 0 Å². The molecule has 90 valence electrons. The third-order valence-corrected chi connectivity index (χ3v) is 3.71. The second kappa shape index (κ2) is 5.94. The number of likely N-dealkylation sites (N-methyl/N-ethyl adjacent to an activating group) is 1. The molecule has 1 aromatic carbocycles. The van der Waals surface area contributed by atoms with Crippen LogP contribution in [0.5, 0.6) is 0 Å². The first-order valence-corrected chi connectivity index (χ1v) is 6.89. The molecule has 2 aromatic rings. The van der Waals surface area contributed by atoms with Gasteiger partial charge in [0.25, 0.3) is 0 Å². The number of nitrogens with one attached hydrogen (secondary N) is 1. The van der Waals surface area contributed by atoms with Crippen molar-refractivity contribution in [1.29, 1.82) is 0 Å². The standard InChI is InChI=1S/C14H18N2S/c1-3-11-4-6-12(7-5-11)13-10-17-14(16-13)8-9-15-2/h4-7,10,15H,3,8-9H2,1-2H3. The molecule has 1 N–H and O–H groups in total. The molecule has 0 saturated heterocycles. The van der Waals surface area contributed by atoms with Gasteiger partial charge in [0.2, 0.25) is 0 Å². The molecule has 17 heavy (non-hydrogen) atoms. The first kappa shape index (κ1) is 12.3. The fourth-order valence-electron chi connectivity index (χ4n) is 1.70. The van der Waals surface area contributed by atoms with E-state index in [-0.39, 0.29) is 0 Å². The smallest absolute Gasteiger partial charge is 0.0945 e. The van der Waals surface area contributed by atoms with Crippen molar-refractivity contribution in [3.05, 3.63) is 40.2 Å². The summed E-state index contributed by atoms with van der Waals surface area (Å²) >= 11 is 1.74. The molecule has 0 fully saturated rings. The van der Waals surface area contributed by atoms with Crippen molar-refractivity contribution in [2.75, 3.05) is 13.6 Å². The van der Waals surface area contributed by atoms with Gasteiger partial charge in [0.15, 0.2) is 0 Å². The van der Waals surface area contributed by atoms with Crippen LogP contribution in [-0.2, 0) is 12.8 Å². The lowest BCUT2D eigenvalue weighted by atomic mass is 10.1. The predicted octanol–water partition coefficient (Wildman–Crippen LogP) is 3.13. The maximum absolute atomic E-state index is 4.65. The van der Waals surface area contributed by atoms with Gasteiger partial charge in [0.1, 0.15) is 0 Å². The van der Waals surface area contributed by atoms with Crippen LogP contribution < -0.4 is 5.32 Å². The van der Waals surface area contributed by atoms with Crippen LogP contribution >= 0.6 is 11.3 Å². The van der Waals surface area contributed by atoms with E-state index < -0.39 is 0 Å². The van der Waals surface area contributed by atoms with Gasteiger partial charge in [-0.15, -0.1) is 11.3 Å². The second-order valence-electron chi connectivity index (χ2n) is 4.03. The largest absolute Gasteiger partial charge is 0.319 e. The average molecular weight is 246 g/mol. The molecule has 0 bridgehead atoms. The van der Waals surface area contributed by atoms with E-state index in [9.17, 15) is 0 Å². The Labute approximate surface area is 107 Å². The van der Waals surface area contributed by atoms with Crippen LogP contribution in [0.1, 0.15) is 17.5 Å². The number of nitrogens with zero attached hydrogens (tertiary/aromatic N) is 1. The van der Waals surface area contributed by atoms with E-state index in [2.05, 4.69) is 46.9 Å². The van der Waals surface area contributed by atoms with Crippen LogP contribution in [0.15, 0.2) is 29.6 Å². The molecule has 2 rings (SSSR count). The molecule has 0 aliphatic heterocycles. The zero-order valence-electron chi connectivity index (χ0n) is 10.4. The summed E-state index contributed by atoms with van der Waals surface area (Å²) in [4.78, 5) is 4.65. The average Bonchev–Trinajstić information content (AvgIpc) is 2.85. The first-order valence-electron chi connectivity index (χ1n) is 6.01. The molecule has 1 heterocycles. The number of aryl methyl sites for hydroxylation is 1. The SMILES string of the molecule is CCc1ccc(-c2csc(CCNC)n2)cc1. The Bertz CT molecular complexity index is 459. The molecule has 0 radical (unpaired) electrons. The Kier molecular flexibility index (Phi) is 4.29. The van der Waals surface area contributed by atoms with E-state index in [1.807, 2.05) is 7.05 Å². The molecule has 0 saturated carbocycles. The van der Waals surface area contributed by atoms with Crippen LogP contribution in [0.3, 0.4) is 0 Å². The van der Waals surface area contributed by atoms with Crippen molar-refractivity contribution >= 4 is 11.3 Å². The molecule has 0 spiro atoms. The summed E-state index contributed by atoms with van der Waals surface area (Å²) in [5, 5.41) is 6.49. The Balaban J connectivity index is 2.12. The third kappa shape index (κ3) is 3.14. The molecule has 0 unspecified atom stereocenters. The van der Waals surface area contributed by atoms with Crippen molar-refractivity contribution in [3.63, 3.8) is 0 Å². The lowest BCUT2D eigenvalue weighted by Gasteiger charge is -1.99. The summed E-state index contributed by atoms with van der Waals surface area (Å²) in [6, 6.07) is 8.69. The van der Waals surface area contributed by atoms with Crippen LogP contribution in [0, 0.1) is 0 Å². The molecule has 0 atom stereocenters. The highest BCUT2D eigenvalue weighted by Gasteiger charge is 2.04. The van der Waals surface area contributed by atoms with E-state index in [1.54, 1.807) is 11.3 Å². The normalized spacial score (nSPS) is 10.7. The molecule has 0 aliphatic rings. The fraction of sp³-hybridized carbons (Fsp3) is 0.357. The minimum atomic E-state index is 0.988. The van der Waals surface area contributed by atoms with E-state index >= 15 is 0 Å². The number of hydrogen-bond donors (Lipinski definition) is 1. The van der Waals surface area contributed by atoms with Gasteiger partial charge in [-0.3, -0.25) is 0 Å². The number of aromatic nitrogens is 1. The highest BCUT2D eigenvalue weighted by molar-refractivity contribution is 7.09. The van der Waals surface area contributed by atoms with Gasteiger partial charge < -0.3 is 5.32 Å². The Morgan fingerprint density at radius 3 is 2.65 bits per heavy atom. The molecular formula is C14H18N2S. The Morgan fingerprint density at radius 2 is 2.00 bits per heavy atom. The summed E-state index contributed by atoms with van der Waals surface area (Å²) in [7, 11) is 1.97. The molecule has 2 nitrogen and oxygen atoms in total. The highest BCUT2D eigenvalue weighted by Crippen LogP contribution is 2.22. The molecule has 1 aromatic heterocycles. The van der Waals surface area contributed by atoms with Gasteiger partial charge in [-0.25, -0.2) is 4.98 Å². The minimum Gasteiger partial charge on any atom is -0.319 e. The van der Waals surface area contributed by atoms with Gasteiger partial charge in [0, 0.05) is 23.9 Å². The Hall–Kier alpha value is -1.19.